The van der Waals surface area contributed by atoms with Crippen molar-refractivity contribution in [1.29, 1.82) is 0 Å². The number of hydrogen-bond donors (Lipinski definition) is 2. The molecule has 5 heteroatoms. The number of nitrogens with one attached hydrogen (secondary N) is 2. The van der Waals surface area contributed by atoms with Crippen LogP contribution in [0.5, 0.6) is 0 Å². The van der Waals surface area contributed by atoms with Gasteiger partial charge in [-0.2, -0.15) is 0 Å². The lowest BCUT2D eigenvalue weighted by Crippen LogP contribution is -2.43. The maximum Gasteiger partial charge on any atom is 0.321 e. The lowest BCUT2D eigenvalue weighted by molar-refractivity contribution is -0.120. The van der Waals surface area contributed by atoms with Crippen molar-refractivity contribution < 1.29 is 9.59 Å². The average Bonchev–Trinajstić information content (AvgIpc) is 2.46. The number of carbonyl (C=O) groups is 2. The zero-order valence-corrected chi connectivity index (χ0v) is 12.9. The van der Waals surface area contributed by atoms with Gasteiger partial charge in [0.1, 0.15) is 0 Å². The minimum atomic E-state index is -0.452. The van der Waals surface area contributed by atoms with E-state index in [1.54, 1.807) is 6.92 Å². The molecule has 0 saturated carbocycles. The van der Waals surface area contributed by atoms with Crippen LogP contribution in [-0.2, 0) is 11.3 Å². The smallest absolute Gasteiger partial charge is 0.321 e. The highest BCUT2D eigenvalue weighted by atomic mass is 16.2. The van der Waals surface area contributed by atoms with E-state index in [1.807, 2.05) is 24.1 Å². The van der Waals surface area contributed by atoms with Crippen molar-refractivity contribution in [3.63, 3.8) is 0 Å². The molecule has 2 N–H and O–H groups in total. The second-order valence-electron chi connectivity index (χ2n) is 5.26. The molecule has 0 bridgehead atoms. The first-order valence-corrected chi connectivity index (χ1v) is 7.32. The van der Waals surface area contributed by atoms with Gasteiger partial charge in [0.25, 0.3) is 0 Å². The second-order valence-corrected chi connectivity index (χ2v) is 5.26. The molecule has 0 spiro atoms. The van der Waals surface area contributed by atoms with Crippen LogP contribution in [-0.4, -0.2) is 37.0 Å². The number of fused-ring (bicyclic) bond motifs is 1. The fourth-order valence-electron chi connectivity index (χ4n) is 2.32. The fraction of sp³-hybridized carbons (Fsp3) is 0.294. The lowest BCUT2D eigenvalue weighted by Gasteiger charge is -2.16. The number of amides is 3. The minimum absolute atomic E-state index is 0.171. The van der Waals surface area contributed by atoms with Gasteiger partial charge in [-0.05, 0) is 36.4 Å². The average molecular weight is 299 g/mol. The number of benzene rings is 2. The molecular formula is C17H21N3O2. The summed E-state index contributed by atoms with van der Waals surface area (Å²) in [6.07, 6.45) is 0. The first kappa shape index (κ1) is 16.0. The predicted octanol–water partition coefficient (Wildman–Crippen LogP) is 2.12. The van der Waals surface area contributed by atoms with E-state index in [1.165, 1.54) is 10.8 Å². The Balaban J connectivity index is 1.91. The molecule has 0 aliphatic heterocycles. The van der Waals surface area contributed by atoms with E-state index in [-0.39, 0.29) is 12.5 Å². The van der Waals surface area contributed by atoms with Crippen LogP contribution in [0.4, 0.5) is 4.79 Å². The van der Waals surface area contributed by atoms with Gasteiger partial charge in [0.05, 0.1) is 6.54 Å². The van der Waals surface area contributed by atoms with Gasteiger partial charge in [0, 0.05) is 13.1 Å². The highest BCUT2D eigenvalue weighted by Crippen LogP contribution is 2.16. The van der Waals surface area contributed by atoms with Gasteiger partial charge in [0.2, 0.25) is 5.91 Å². The van der Waals surface area contributed by atoms with E-state index >= 15 is 0 Å². The molecule has 22 heavy (non-hydrogen) atoms. The summed E-state index contributed by atoms with van der Waals surface area (Å²) in [5.74, 6) is -0.311. The van der Waals surface area contributed by atoms with Gasteiger partial charge < -0.3 is 5.32 Å². The molecule has 0 aromatic heterocycles. The van der Waals surface area contributed by atoms with E-state index in [0.29, 0.717) is 13.1 Å². The molecule has 0 atom stereocenters. The van der Waals surface area contributed by atoms with E-state index in [2.05, 4.69) is 41.0 Å². The maximum atomic E-state index is 11.7. The molecule has 0 unspecified atom stereocenters. The largest absolute Gasteiger partial charge is 0.338 e. The maximum absolute atomic E-state index is 11.7. The van der Waals surface area contributed by atoms with Gasteiger partial charge in [-0.3, -0.25) is 15.0 Å². The Morgan fingerprint density at radius 3 is 2.55 bits per heavy atom. The zero-order valence-electron chi connectivity index (χ0n) is 12.9. The summed E-state index contributed by atoms with van der Waals surface area (Å²) in [6, 6.07) is 14.0. The van der Waals surface area contributed by atoms with Gasteiger partial charge >= 0.3 is 6.03 Å². The van der Waals surface area contributed by atoms with Crippen LogP contribution in [0.15, 0.2) is 42.5 Å². The molecule has 2 rings (SSSR count). The van der Waals surface area contributed by atoms with Gasteiger partial charge in [-0.25, -0.2) is 4.79 Å². The third-order valence-electron chi connectivity index (χ3n) is 3.27. The third-order valence-corrected chi connectivity index (χ3v) is 3.27. The quantitative estimate of drug-likeness (QED) is 0.889. The van der Waals surface area contributed by atoms with Crippen LogP contribution in [0.25, 0.3) is 10.8 Å². The summed E-state index contributed by atoms with van der Waals surface area (Å²) < 4.78 is 0. The topological polar surface area (TPSA) is 61.4 Å². The Bertz CT molecular complexity index is 670. The SMILES string of the molecule is CCNC(=O)NC(=O)CN(C)Cc1ccc2ccccc2c1. The van der Waals surface area contributed by atoms with Crippen LogP contribution < -0.4 is 10.6 Å². The molecule has 0 radical (unpaired) electrons. The van der Waals surface area contributed by atoms with E-state index in [9.17, 15) is 9.59 Å². The summed E-state index contributed by atoms with van der Waals surface area (Å²) in [4.78, 5) is 24.9. The Hall–Kier alpha value is -2.40. The normalized spacial score (nSPS) is 10.7. The molecule has 0 fully saturated rings. The monoisotopic (exact) mass is 299 g/mol. The number of imide groups is 1. The molecule has 5 nitrogen and oxygen atoms in total. The highest BCUT2D eigenvalue weighted by Gasteiger charge is 2.10. The summed E-state index contributed by atoms with van der Waals surface area (Å²) >= 11 is 0. The molecule has 0 saturated heterocycles. The van der Waals surface area contributed by atoms with Crippen molar-refractivity contribution in [2.24, 2.45) is 0 Å². The summed E-state index contributed by atoms with van der Waals surface area (Å²) in [5, 5.41) is 7.20. The van der Waals surface area contributed by atoms with Crippen molar-refractivity contribution in [2.45, 2.75) is 13.5 Å². The van der Waals surface area contributed by atoms with Crippen molar-refractivity contribution in [1.82, 2.24) is 15.5 Å². The lowest BCUT2D eigenvalue weighted by atomic mass is 10.1. The highest BCUT2D eigenvalue weighted by molar-refractivity contribution is 5.95. The molecular weight excluding hydrogens is 278 g/mol. The van der Waals surface area contributed by atoms with Crippen molar-refractivity contribution in [2.75, 3.05) is 20.1 Å². The number of rotatable bonds is 5. The van der Waals surface area contributed by atoms with Crippen LogP contribution in [0.3, 0.4) is 0 Å². The Morgan fingerprint density at radius 2 is 1.82 bits per heavy atom. The van der Waals surface area contributed by atoms with Crippen LogP contribution in [0.1, 0.15) is 12.5 Å². The summed E-state index contributed by atoms with van der Waals surface area (Å²) in [7, 11) is 1.85. The molecule has 2 aromatic carbocycles. The molecule has 0 heterocycles. The second kappa shape index (κ2) is 7.56. The van der Waals surface area contributed by atoms with Crippen molar-refractivity contribution in [3.8, 4) is 0 Å². The molecule has 2 aromatic rings. The molecule has 0 aliphatic carbocycles. The number of hydrogen-bond acceptors (Lipinski definition) is 3. The van der Waals surface area contributed by atoms with Gasteiger partial charge in [0.15, 0.2) is 0 Å². The minimum Gasteiger partial charge on any atom is -0.338 e. The van der Waals surface area contributed by atoms with Crippen LogP contribution in [0.2, 0.25) is 0 Å². The zero-order chi connectivity index (χ0) is 15.9. The van der Waals surface area contributed by atoms with E-state index < -0.39 is 6.03 Å². The van der Waals surface area contributed by atoms with E-state index in [4.69, 9.17) is 0 Å². The third kappa shape index (κ3) is 4.56. The Morgan fingerprint density at radius 1 is 1.09 bits per heavy atom. The predicted molar refractivity (Wildman–Crippen MR) is 87.5 cm³/mol. The van der Waals surface area contributed by atoms with E-state index in [0.717, 1.165) is 5.56 Å². The Kier molecular flexibility index (Phi) is 5.49. The van der Waals surface area contributed by atoms with Gasteiger partial charge in [-0.15, -0.1) is 0 Å². The fourth-order valence-corrected chi connectivity index (χ4v) is 2.32. The van der Waals surface area contributed by atoms with Crippen LogP contribution in [0, 0.1) is 0 Å². The molecule has 3 amide bonds. The Labute approximate surface area is 130 Å². The van der Waals surface area contributed by atoms with Crippen molar-refractivity contribution >= 4 is 22.7 Å². The number of nitrogens with zero attached hydrogens (tertiary/aromatic N) is 1. The molecule has 0 aliphatic rings. The first-order chi connectivity index (χ1) is 10.6. The molecule has 116 valence electrons. The van der Waals surface area contributed by atoms with Crippen molar-refractivity contribution in [3.05, 3.63) is 48.0 Å². The summed E-state index contributed by atoms with van der Waals surface area (Å²) in [6.45, 7) is 3.11. The number of likely N-dealkylation sites (N-methyl/N-ethyl adjacent to an activating group) is 1. The number of carbonyl (C=O) groups excluding carboxylic acids is 2. The first-order valence-electron chi connectivity index (χ1n) is 7.32. The number of urea groups is 1. The van der Waals surface area contributed by atoms with Crippen LogP contribution >= 0.6 is 0 Å². The van der Waals surface area contributed by atoms with Gasteiger partial charge in [-0.1, -0.05) is 36.4 Å². The standard InChI is InChI=1S/C17H21N3O2/c1-3-18-17(22)19-16(21)12-20(2)11-13-8-9-14-6-4-5-7-15(14)10-13/h4-10H,3,11-12H2,1-2H3,(H2,18,19,21,22). The summed E-state index contributed by atoms with van der Waals surface area (Å²) in [5.41, 5.74) is 1.13.